The summed E-state index contributed by atoms with van der Waals surface area (Å²) in [5.41, 5.74) is -0.614. The molecule has 0 spiro atoms. The van der Waals surface area contributed by atoms with Crippen molar-refractivity contribution in [2.24, 2.45) is 5.92 Å². The number of esters is 2. The first-order valence-electron chi connectivity index (χ1n) is 7.31. The number of hydrogen-bond donors (Lipinski definition) is 1. The summed E-state index contributed by atoms with van der Waals surface area (Å²) >= 11 is 0. The average molecular weight is 299 g/mol. The van der Waals surface area contributed by atoms with Gasteiger partial charge in [-0.15, -0.1) is 0 Å². The Hall–Kier alpha value is -1.59. The SMILES string of the molecule is CC(C)C[C@H](NC(=O)[C@@H]1CCC(=O)O1)C(=O)OC(C)(C)C. The predicted octanol–water partition coefficient (Wildman–Crippen LogP) is 1.56. The summed E-state index contributed by atoms with van der Waals surface area (Å²) in [4.78, 5) is 35.3. The second-order valence-corrected chi connectivity index (χ2v) is 6.74. The molecule has 1 amide bonds. The first kappa shape index (κ1) is 17.5. The van der Waals surface area contributed by atoms with Crippen LogP contribution >= 0.6 is 0 Å². The summed E-state index contributed by atoms with van der Waals surface area (Å²) in [5.74, 6) is -1.06. The minimum absolute atomic E-state index is 0.217. The van der Waals surface area contributed by atoms with E-state index in [2.05, 4.69) is 5.32 Å². The Bertz CT molecular complexity index is 411. The molecule has 1 heterocycles. The van der Waals surface area contributed by atoms with Crippen LogP contribution in [0, 0.1) is 5.92 Å². The second-order valence-electron chi connectivity index (χ2n) is 6.74. The van der Waals surface area contributed by atoms with Gasteiger partial charge in [0.2, 0.25) is 0 Å². The fraction of sp³-hybridized carbons (Fsp3) is 0.800. The maximum absolute atomic E-state index is 12.2. The van der Waals surface area contributed by atoms with Crippen molar-refractivity contribution in [2.45, 2.75) is 71.6 Å². The van der Waals surface area contributed by atoms with Gasteiger partial charge in [0, 0.05) is 12.8 Å². The Kier molecular flexibility index (Phi) is 5.75. The van der Waals surface area contributed by atoms with Crippen molar-refractivity contribution < 1.29 is 23.9 Å². The molecule has 0 aromatic heterocycles. The van der Waals surface area contributed by atoms with Crippen molar-refractivity contribution in [1.29, 1.82) is 0 Å². The quantitative estimate of drug-likeness (QED) is 0.779. The van der Waals surface area contributed by atoms with Gasteiger partial charge in [-0.2, -0.15) is 0 Å². The van der Waals surface area contributed by atoms with Crippen LogP contribution in [0.4, 0.5) is 0 Å². The number of carbonyl (C=O) groups excluding carboxylic acids is 3. The molecule has 6 nitrogen and oxygen atoms in total. The van der Waals surface area contributed by atoms with Crippen LogP contribution in [0.2, 0.25) is 0 Å². The van der Waals surface area contributed by atoms with Crippen LogP contribution in [0.15, 0.2) is 0 Å². The summed E-state index contributed by atoms with van der Waals surface area (Å²) in [6, 6.07) is -0.726. The minimum Gasteiger partial charge on any atom is -0.458 e. The Morgan fingerprint density at radius 3 is 2.43 bits per heavy atom. The Balaban J connectivity index is 2.67. The van der Waals surface area contributed by atoms with Gasteiger partial charge >= 0.3 is 11.9 Å². The molecule has 0 radical (unpaired) electrons. The summed E-state index contributed by atoms with van der Waals surface area (Å²) in [7, 11) is 0. The lowest BCUT2D eigenvalue weighted by Gasteiger charge is -2.26. The molecular weight excluding hydrogens is 274 g/mol. The third-order valence-electron chi connectivity index (χ3n) is 2.89. The topological polar surface area (TPSA) is 81.7 Å². The zero-order valence-electron chi connectivity index (χ0n) is 13.4. The monoisotopic (exact) mass is 299 g/mol. The summed E-state index contributed by atoms with van der Waals surface area (Å²) in [6.45, 7) is 9.24. The molecule has 1 saturated heterocycles. The van der Waals surface area contributed by atoms with Crippen LogP contribution in [-0.4, -0.2) is 35.6 Å². The van der Waals surface area contributed by atoms with Crippen LogP contribution in [0.25, 0.3) is 0 Å². The second kappa shape index (κ2) is 6.91. The molecule has 0 unspecified atom stereocenters. The molecule has 21 heavy (non-hydrogen) atoms. The lowest BCUT2D eigenvalue weighted by Crippen LogP contribution is -2.48. The van der Waals surface area contributed by atoms with Gasteiger partial charge in [0.25, 0.3) is 5.91 Å². The van der Waals surface area contributed by atoms with Crippen molar-refractivity contribution in [2.75, 3.05) is 0 Å². The molecule has 1 N–H and O–H groups in total. The number of rotatable bonds is 5. The molecule has 120 valence electrons. The van der Waals surface area contributed by atoms with E-state index >= 15 is 0 Å². The van der Waals surface area contributed by atoms with Crippen molar-refractivity contribution in [1.82, 2.24) is 5.32 Å². The highest BCUT2D eigenvalue weighted by molar-refractivity contribution is 5.90. The molecule has 0 aromatic carbocycles. The largest absolute Gasteiger partial charge is 0.458 e. The summed E-state index contributed by atoms with van der Waals surface area (Å²) < 4.78 is 10.2. The van der Waals surface area contributed by atoms with Crippen molar-refractivity contribution in [3.63, 3.8) is 0 Å². The maximum Gasteiger partial charge on any atom is 0.329 e. The van der Waals surface area contributed by atoms with Crippen molar-refractivity contribution in [3.8, 4) is 0 Å². The highest BCUT2D eigenvalue weighted by Crippen LogP contribution is 2.16. The minimum atomic E-state index is -0.797. The standard InChI is InChI=1S/C15H25NO5/c1-9(2)8-10(14(19)21-15(3,4)5)16-13(18)11-6-7-12(17)20-11/h9-11H,6-8H2,1-5H3,(H,16,18)/t10-,11-/m0/s1. The van der Waals surface area contributed by atoms with E-state index in [-0.39, 0.29) is 18.3 Å². The zero-order valence-corrected chi connectivity index (χ0v) is 13.4. The maximum atomic E-state index is 12.2. The van der Waals surface area contributed by atoms with E-state index in [4.69, 9.17) is 9.47 Å². The number of carbonyl (C=O) groups is 3. The van der Waals surface area contributed by atoms with E-state index in [1.807, 2.05) is 13.8 Å². The number of cyclic esters (lactones) is 1. The van der Waals surface area contributed by atoms with Crippen LogP contribution in [0.3, 0.4) is 0 Å². The number of nitrogens with one attached hydrogen (secondary N) is 1. The van der Waals surface area contributed by atoms with Crippen LogP contribution < -0.4 is 5.32 Å². The van der Waals surface area contributed by atoms with E-state index in [1.54, 1.807) is 20.8 Å². The summed E-state index contributed by atoms with van der Waals surface area (Å²) in [5, 5.41) is 2.64. The van der Waals surface area contributed by atoms with Crippen molar-refractivity contribution >= 4 is 17.8 Å². The van der Waals surface area contributed by atoms with Gasteiger partial charge in [0.15, 0.2) is 6.10 Å². The van der Waals surface area contributed by atoms with E-state index in [1.165, 1.54) is 0 Å². The highest BCUT2D eigenvalue weighted by atomic mass is 16.6. The average Bonchev–Trinajstić information content (AvgIpc) is 2.72. The molecule has 0 saturated carbocycles. The highest BCUT2D eigenvalue weighted by Gasteiger charge is 2.34. The van der Waals surface area contributed by atoms with Gasteiger partial charge < -0.3 is 14.8 Å². The van der Waals surface area contributed by atoms with E-state index < -0.39 is 29.6 Å². The first-order valence-corrected chi connectivity index (χ1v) is 7.31. The molecule has 1 aliphatic rings. The van der Waals surface area contributed by atoms with Crippen LogP contribution in [0.5, 0.6) is 0 Å². The van der Waals surface area contributed by atoms with Crippen molar-refractivity contribution in [3.05, 3.63) is 0 Å². The molecule has 0 bridgehead atoms. The number of amides is 1. The molecular formula is C15H25NO5. The lowest BCUT2D eigenvalue weighted by molar-refractivity contribution is -0.160. The fourth-order valence-corrected chi connectivity index (χ4v) is 2.03. The number of hydrogen-bond acceptors (Lipinski definition) is 5. The molecule has 6 heteroatoms. The van der Waals surface area contributed by atoms with Crippen LogP contribution in [-0.2, 0) is 23.9 Å². The molecule has 0 aromatic rings. The van der Waals surface area contributed by atoms with Gasteiger partial charge in [-0.25, -0.2) is 4.79 Å². The first-order chi connectivity index (χ1) is 9.58. The molecule has 1 fully saturated rings. The zero-order chi connectivity index (χ0) is 16.2. The normalized spacial score (nSPS) is 20.1. The van der Waals surface area contributed by atoms with E-state index in [9.17, 15) is 14.4 Å². The van der Waals surface area contributed by atoms with Gasteiger partial charge in [-0.1, -0.05) is 13.8 Å². The van der Waals surface area contributed by atoms with E-state index in [0.717, 1.165) is 0 Å². The molecule has 1 rings (SSSR count). The third-order valence-corrected chi connectivity index (χ3v) is 2.89. The van der Waals surface area contributed by atoms with Gasteiger partial charge in [0.1, 0.15) is 11.6 Å². The Morgan fingerprint density at radius 2 is 2.00 bits per heavy atom. The predicted molar refractivity (Wildman–Crippen MR) is 76.3 cm³/mol. The number of ether oxygens (including phenoxy) is 2. The fourth-order valence-electron chi connectivity index (χ4n) is 2.03. The van der Waals surface area contributed by atoms with Gasteiger partial charge in [0.05, 0.1) is 0 Å². The molecule has 2 atom stereocenters. The van der Waals surface area contributed by atoms with Crippen LogP contribution in [0.1, 0.15) is 53.9 Å². The Morgan fingerprint density at radius 1 is 1.38 bits per heavy atom. The van der Waals surface area contributed by atoms with E-state index in [0.29, 0.717) is 12.8 Å². The lowest BCUT2D eigenvalue weighted by atomic mass is 10.0. The van der Waals surface area contributed by atoms with Gasteiger partial charge in [-0.3, -0.25) is 9.59 Å². The van der Waals surface area contributed by atoms with Gasteiger partial charge in [-0.05, 0) is 33.1 Å². The molecule has 0 aliphatic carbocycles. The summed E-state index contributed by atoms with van der Waals surface area (Å²) in [6.07, 6.45) is 0.267. The molecule has 1 aliphatic heterocycles. The Labute approximate surface area is 125 Å². The smallest absolute Gasteiger partial charge is 0.329 e. The third kappa shape index (κ3) is 6.14.